The second-order valence-corrected chi connectivity index (χ2v) is 13.9. The van der Waals surface area contributed by atoms with Gasteiger partial charge in [0.05, 0.1) is 24.1 Å². The van der Waals surface area contributed by atoms with Crippen molar-refractivity contribution in [2.75, 3.05) is 10.6 Å². The maximum absolute atomic E-state index is 12.1. The van der Waals surface area contributed by atoms with E-state index in [4.69, 9.17) is 27.2 Å². The Labute approximate surface area is 316 Å². The Morgan fingerprint density at radius 2 is 0.944 bits per heavy atom. The predicted molar refractivity (Wildman–Crippen MR) is 216 cm³/mol. The molecule has 6 rings (SSSR count). The molecule has 0 fully saturated rings. The van der Waals surface area contributed by atoms with Crippen LogP contribution in [-0.2, 0) is 35.8 Å². The van der Waals surface area contributed by atoms with Crippen molar-refractivity contribution in [3.05, 3.63) is 132 Å². The van der Waals surface area contributed by atoms with Crippen LogP contribution in [0.4, 0.5) is 11.6 Å². The summed E-state index contributed by atoms with van der Waals surface area (Å²) < 4.78 is 0. The maximum Gasteiger partial charge on any atom is 0.240 e. The molecule has 0 unspecified atom stereocenters. The van der Waals surface area contributed by atoms with Crippen molar-refractivity contribution in [3.63, 3.8) is 0 Å². The molecule has 12 nitrogen and oxygen atoms in total. The van der Waals surface area contributed by atoms with Crippen LogP contribution in [0.5, 0.6) is 0 Å². The minimum Gasteiger partial charge on any atom is -0.368 e. The van der Waals surface area contributed by atoms with E-state index in [1.165, 1.54) is 11.1 Å². The Balaban J connectivity index is 0.000000239. The van der Waals surface area contributed by atoms with Gasteiger partial charge in [0.15, 0.2) is 0 Å². The average Bonchev–Trinajstić information content (AvgIpc) is 3.16. The summed E-state index contributed by atoms with van der Waals surface area (Å²) in [5.41, 5.74) is 20.8. The first kappa shape index (κ1) is 39.2. The highest BCUT2D eigenvalue weighted by Crippen LogP contribution is 2.24. The number of amides is 2. The Morgan fingerprint density at radius 1 is 0.556 bits per heavy atom. The quantitative estimate of drug-likeness (QED) is 0.0869. The molecule has 0 radical (unpaired) electrons. The molecule has 6 aromatic rings. The van der Waals surface area contributed by atoms with Crippen LogP contribution >= 0.6 is 0 Å². The first-order valence-corrected chi connectivity index (χ1v) is 18.2. The number of rotatable bonds is 15. The maximum atomic E-state index is 12.1. The third-order valence-electron chi connectivity index (χ3n) is 8.88. The number of benzene rings is 4. The Kier molecular flexibility index (Phi) is 13.6. The lowest BCUT2D eigenvalue weighted by molar-refractivity contribution is -0.120. The number of nitrogens with one attached hydrogen (secondary N) is 2. The lowest BCUT2D eigenvalue weighted by Gasteiger charge is -2.24. The van der Waals surface area contributed by atoms with Crippen molar-refractivity contribution in [3.8, 4) is 0 Å². The highest BCUT2D eigenvalue weighted by molar-refractivity contribution is 5.93. The first-order valence-electron chi connectivity index (χ1n) is 18.2. The summed E-state index contributed by atoms with van der Waals surface area (Å²) in [7, 11) is 0. The van der Waals surface area contributed by atoms with Crippen molar-refractivity contribution in [1.82, 2.24) is 24.8 Å². The van der Waals surface area contributed by atoms with Gasteiger partial charge in [0.25, 0.3) is 0 Å². The van der Waals surface area contributed by atoms with Gasteiger partial charge in [-0.15, -0.1) is 0 Å². The van der Waals surface area contributed by atoms with Gasteiger partial charge < -0.3 is 27.8 Å². The number of fused-ring (bicyclic) bond motifs is 2. The molecule has 8 N–H and O–H groups in total. The zero-order valence-corrected chi connectivity index (χ0v) is 31.3. The topological polar surface area (TPSA) is 191 Å². The summed E-state index contributed by atoms with van der Waals surface area (Å²) in [5.74, 6) is 1.74. The molecule has 2 heterocycles. The summed E-state index contributed by atoms with van der Waals surface area (Å²) in [6.07, 6.45) is 0. The fourth-order valence-corrected chi connectivity index (χ4v) is 6.11. The SMILES string of the molecule is CC(C)[C@H](Nc1nc(CN(Cc2ccccc2)Cc2ccccc2)nc2ccccc12)C(N)=O.CC(C)[C@H](Nc1nc(CN)nc2ccccc12)C(N)=O. The van der Waals surface area contributed by atoms with Crippen LogP contribution in [0.15, 0.2) is 109 Å². The van der Waals surface area contributed by atoms with Gasteiger partial charge in [-0.25, -0.2) is 19.9 Å². The summed E-state index contributed by atoms with van der Waals surface area (Å²) in [5, 5.41) is 8.12. The number of nitrogens with two attached hydrogens (primary N) is 3. The second-order valence-electron chi connectivity index (χ2n) is 13.9. The van der Waals surface area contributed by atoms with Crippen molar-refractivity contribution in [1.29, 1.82) is 0 Å². The van der Waals surface area contributed by atoms with Crippen molar-refractivity contribution < 1.29 is 9.59 Å². The molecule has 280 valence electrons. The van der Waals surface area contributed by atoms with Crippen LogP contribution in [0, 0.1) is 11.8 Å². The Morgan fingerprint density at radius 3 is 1.35 bits per heavy atom. The third-order valence-corrected chi connectivity index (χ3v) is 8.88. The standard InChI is InChI=1S/C28H31N5O.C14H19N5O/c1-20(2)26(27(29)34)32-28-23-15-9-10-16-24(23)30-25(31-28)19-33(17-21-11-5-3-6-12-21)18-22-13-7-4-8-14-22;1-8(2)12(13(16)20)19-14-9-5-3-4-6-10(9)17-11(7-15)18-14/h3-16,20,26H,17-19H2,1-2H3,(H2,29,34)(H,30,31,32);3-6,8,12H,7,15H2,1-2H3,(H2,16,20)(H,17,18,19)/t26-;12-/m00/s1. The molecular weight excluding hydrogens is 677 g/mol. The molecule has 2 aromatic heterocycles. The highest BCUT2D eigenvalue weighted by Gasteiger charge is 2.23. The van der Waals surface area contributed by atoms with Crippen LogP contribution in [0.3, 0.4) is 0 Å². The molecule has 0 aliphatic rings. The lowest BCUT2D eigenvalue weighted by atomic mass is 10.0. The van der Waals surface area contributed by atoms with Gasteiger partial charge in [0.2, 0.25) is 11.8 Å². The lowest BCUT2D eigenvalue weighted by Crippen LogP contribution is -2.40. The van der Waals surface area contributed by atoms with Crippen LogP contribution in [0.2, 0.25) is 0 Å². The van der Waals surface area contributed by atoms with E-state index in [0.29, 0.717) is 29.8 Å². The normalized spacial score (nSPS) is 12.4. The molecule has 0 aliphatic carbocycles. The Hall–Kier alpha value is -5.98. The summed E-state index contributed by atoms with van der Waals surface area (Å²) >= 11 is 0. The molecule has 2 atom stereocenters. The molecule has 0 bridgehead atoms. The van der Waals surface area contributed by atoms with Gasteiger partial charge in [0.1, 0.15) is 35.4 Å². The van der Waals surface area contributed by atoms with Crippen molar-refractivity contribution >= 4 is 45.3 Å². The first-order chi connectivity index (χ1) is 26.0. The molecule has 12 heteroatoms. The predicted octanol–water partition coefficient (Wildman–Crippen LogP) is 5.76. The molecule has 2 amide bonds. The number of anilines is 2. The van der Waals surface area contributed by atoms with Gasteiger partial charge in [-0.2, -0.15) is 0 Å². The zero-order valence-electron chi connectivity index (χ0n) is 31.3. The van der Waals surface area contributed by atoms with Crippen LogP contribution in [-0.4, -0.2) is 48.7 Å². The molecule has 0 aliphatic heterocycles. The van der Waals surface area contributed by atoms with E-state index in [1.807, 2.05) is 88.4 Å². The number of hydrogen-bond donors (Lipinski definition) is 5. The van der Waals surface area contributed by atoms with Crippen LogP contribution < -0.4 is 27.8 Å². The Bertz CT molecular complexity index is 2100. The molecule has 0 saturated carbocycles. The molecule has 0 spiro atoms. The van der Waals surface area contributed by atoms with E-state index in [2.05, 4.69) is 74.0 Å². The van der Waals surface area contributed by atoms with E-state index in [-0.39, 0.29) is 18.4 Å². The number of aromatic nitrogens is 4. The number of carbonyl (C=O) groups is 2. The fourth-order valence-electron chi connectivity index (χ4n) is 6.11. The van der Waals surface area contributed by atoms with Gasteiger partial charge >= 0.3 is 0 Å². The van der Waals surface area contributed by atoms with Gasteiger partial charge in [-0.3, -0.25) is 14.5 Å². The summed E-state index contributed by atoms with van der Waals surface area (Å²) in [6.45, 7) is 10.1. The van der Waals surface area contributed by atoms with Gasteiger partial charge in [0, 0.05) is 23.9 Å². The fraction of sp³-hybridized carbons (Fsp3) is 0.286. The number of carbonyl (C=O) groups excluding carboxylic acids is 2. The summed E-state index contributed by atoms with van der Waals surface area (Å²) in [6, 6.07) is 35.2. The van der Waals surface area contributed by atoms with E-state index < -0.39 is 23.9 Å². The number of hydrogen-bond acceptors (Lipinski definition) is 10. The highest BCUT2D eigenvalue weighted by atomic mass is 16.2. The van der Waals surface area contributed by atoms with Crippen molar-refractivity contribution in [2.45, 2.75) is 66.0 Å². The van der Waals surface area contributed by atoms with Crippen LogP contribution in [0.25, 0.3) is 21.8 Å². The number of nitrogens with zero attached hydrogens (tertiary/aromatic N) is 5. The number of primary amides is 2. The monoisotopic (exact) mass is 726 g/mol. The third kappa shape index (κ3) is 10.6. The minimum absolute atomic E-state index is 0.0299. The zero-order chi connectivity index (χ0) is 38.6. The molecule has 54 heavy (non-hydrogen) atoms. The van der Waals surface area contributed by atoms with E-state index in [1.54, 1.807) is 0 Å². The van der Waals surface area contributed by atoms with E-state index >= 15 is 0 Å². The van der Waals surface area contributed by atoms with Gasteiger partial charge in [-0.1, -0.05) is 113 Å². The molecule has 0 saturated heterocycles. The largest absolute Gasteiger partial charge is 0.368 e. The van der Waals surface area contributed by atoms with E-state index in [9.17, 15) is 9.59 Å². The average molecular weight is 727 g/mol. The second kappa shape index (κ2) is 18.7. The van der Waals surface area contributed by atoms with Crippen LogP contribution in [0.1, 0.15) is 50.5 Å². The van der Waals surface area contributed by atoms with Gasteiger partial charge in [-0.05, 0) is 47.2 Å². The summed E-state index contributed by atoms with van der Waals surface area (Å²) in [4.78, 5) is 44.3. The number of para-hydroxylation sites is 2. The smallest absolute Gasteiger partial charge is 0.240 e. The van der Waals surface area contributed by atoms with Crippen molar-refractivity contribution in [2.24, 2.45) is 29.0 Å². The molecule has 4 aromatic carbocycles. The minimum atomic E-state index is -0.518. The molecular formula is C42H50N10O2. The van der Waals surface area contributed by atoms with E-state index in [0.717, 1.165) is 34.9 Å².